The molecule has 1 heterocycles. The van der Waals surface area contributed by atoms with Crippen LogP contribution in [0.25, 0.3) is 10.9 Å². The highest BCUT2D eigenvalue weighted by Gasteiger charge is 2.08. The zero-order chi connectivity index (χ0) is 17.8. The Labute approximate surface area is 145 Å². The molecule has 1 aromatic heterocycles. The van der Waals surface area contributed by atoms with Gasteiger partial charge in [0, 0.05) is 5.56 Å². The quantitative estimate of drug-likeness (QED) is 0.765. The van der Waals surface area contributed by atoms with Crippen LogP contribution in [0.3, 0.4) is 0 Å². The zero-order valence-corrected chi connectivity index (χ0v) is 14.3. The van der Waals surface area contributed by atoms with Gasteiger partial charge in [-0.25, -0.2) is 4.79 Å². The number of aryl methyl sites for hydroxylation is 2. The Bertz CT molecular complexity index is 962. The number of aromatic nitrogens is 1. The first kappa shape index (κ1) is 16.8. The molecule has 25 heavy (non-hydrogen) atoms. The van der Waals surface area contributed by atoms with E-state index in [4.69, 9.17) is 4.74 Å². The number of pyridine rings is 1. The molecule has 128 valence electrons. The van der Waals surface area contributed by atoms with E-state index < -0.39 is 6.09 Å². The van der Waals surface area contributed by atoms with Gasteiger partial charge in [-0.3, -0.25) is 4.79 Å². The molecule has 5 heteroatoms. The van der Waals surface area contributed by atoms with E-state index in [0.29, 0.717) is 5.56 Å². The average Bonchev–Trinajstić information content (AvgIpc) is 2.63. The summed E-state index contributed by atoms with van der Waals surface area (Å²) in [5, 5.41) is 3.56. The van der Waals surface area contributed by atoms with E-state index in [-0.39, 0.29) is 18.7 Å². The largest absolute Gasteiger partial charge is 0.445 e. The maximum Gasteiger partial charge on any atom is 0.407 e. The molecular formula is C20H20N2O3. The molecule has 0 aliphatic rings. The van der Waals surface area contributed by atoms with Crippen LogP contribution in [-0.4, -0.2) is 11.1 Å². The fourth-order valence-electron chi connectivity index (χ4n) is 2.64. The first-order valence-electron chi connectivity index (χ1n) is 8.11. The molecule has 0 aliphatic heterocycles. The summed E-state index contributed by atoms with van der Waals surface area (Å²) in [7, 11) is 0. The number of benzene rings is 2. The molecule has 1 amide bonds. The molecule has 0 radical (unpaired) electrons. The van der Waals surface area contributed by atoms with Crippen LogP contribution in [0.1, 0.15) is 22.3 Å². The second-order valence-electron chi connectivity index (χ2n) is 6.01. The summed E-state index contributed by atoms with van der Waals surface area (Å²) in [6.07, 6.45) is -0.552. The molecule has 5 nitrogen and oxygen atoms in total. The lowest BCUT2D eigenvalue weighted by molar-refractivity contribution is 0.139. The van der Waals surface area contributed by atoms with Crippen LogP contribution in [0.5, 0.6) is 0 Å². The number of fused-ring (bicyclic) bond motifs is 1. The summed E-state index contributed by atoms with van der Waals surface area (Å²) in [5.74, 6) is 0. The van der Waals surface area contributed by atoms with Crippen LogP contribution in [0.15, 0.2) is 53.3 Å². The normalized spacial score (nSPS) is 10.6. The van der Waals surface area contributed by atoms with Crippen molar-refractivity contribution in [3.63, 3.8) is 0 Å². The Balaban J connectivity index is 1.67. The van der Waals surface area contributed by atoms with Gasteiger partial charge in [0.15, 0.2) is 0 Å². The van der Waals surface area contributed by atoms with Crippen molar-refractivity contribution in [1.82, 2.24) is 10.3 Å². The van der Waals surface area contributed by atoms with Gasteiger partial charge in [-0.1, -0.05) is 42.5 Å². The Morgan fingerprint density at radius 1 is 1.12 bits per heavy atom. The predicted octanol–water partition coefficient (Wildman–Crippen LogP) is 3.57. The summed E-state index contributed by atoms with van der Waals surface area (Å²) < 4.78 is 5.15. The first-order valence-corrected chi connectivity index (χ1v) is 8.11. The van der Waals surface area contributed by atoms with Crippen LogP contribution < -0.4 is 10.9 Å². The molecule has 0 fully saturated rings. The van der Waals surface area contributed by atoms with Crippen LogP contribution in [0, 0.1) is 13.8 Å². The van der Waals surface area contributed by atoms with Gasteiger partial charge >= 0.3 is 6.09 Å². The maximum absolute atomic E-state index is 12.2. The lowest BCUT2D eigenvalue weighted by atomic mass is 10.0. The van der Waals surface area contributed by atoms with E-state index in [9.17, 15) is 9.59 Å². The summed E-state index contributed by atoms with van der Waals surface area (Å²) >= 11 is 0. The van der Waals surface area contributed by atoms with Gasteiger partial charge in [-0.15, -0.1) is 0 Å². The smallest absolute Gasteiger partial charge is 0.407 e. The van der Waals surface area contributed by atoms with E-state index in [0.717, 1.165) is 27.6 Å². The van der Waals surface area contributed by atoms with E-state index in [1.54, 1.807) is 6.07 Å². The standard InChI is InChI=1S/C20H20N2O3/c1-13-8-9-16-10-17(19(23)22-18(16)14(13)2)11-21-20(24)25-12-15-6-4-3-5-7-15/h3-10H,11-12H2,1-2H3,(H,21,24)(H,22,23). The number of hydrogen-bond acceptors (Lipinski definition) is 3. The van der Waals surface area contributed by atoms with Crippen molar-refractivity contribution in [2.75, 3.05) is 0 Å². The van der Waals surface area contributed by atoms with Gasteiger partial charge in [0.2, 0.25) is 0 Å². The molecule has 0 saturated carbocycles. The summed E-state index contributed by atoms with van der Waals surface area (Å²) in [6.45, 7) is 4.29. The number of rotatable bonds is 4. The monoisotopic (exact) mass is 336 g/mol. The summed E-state index contributed by atoms with van der Waals surface area (Å²) in [5.41, 5.74) is 4.21. The molecular weight excluding hydrogens is 316 g/mol. The SMILES string of the molecule is Cc1ccc2cc(CNC(=O)OCc3ccccc3)c(=O)[nH]c2c1C. The molecule has 0 unspecified atom stereocenters. The third kappa shape index (κ3) is 3.88. The topological polar surface area (TPSA) is 71.2 Å². The highest BCUT2D eigenvalue weighted by Crippen LogP contribution is 2.18. The zero-order valence-electron chi connectivity index (χ0n) is 14.3. The van der Waals surface area contributed by atoms with Crippen molar-refractivity contribution >= 4 is 17.0 Å². The van der Waals surface area contributed by atoms with Crippen molar-refractivity contribution in [2.45, 2.75) is 27.0 Å². The average molecular weight is 336 g/mol. The van der Waals surface area contributed by atoms with Gasteiger partial charge in [-0.05, 0) is 42.0 Å². The minimum Gasteiger partial charge on any atom is -0.445 e. The number of hydrogen-bond donors (Lipinski definition) is 2. The highest BCUT2D eigenvalue weighted by molar-refractivity contribution is 5.83. The number of carbonyl (C=O) groups is 1. The van der Waals surface area contributed by atoms with Crippen molar-refractivity contribution in [1.29, 1.82) is 0 Å². The van der Waals surface area contributed by atoms with Crippen LogP contribution in [-0.2, 0) is 17.9 Å². The molecule has 0 saturated heterocycles. The summed E-state index contributed by atoms with van der Waals surface area (Å²) in [4.78, 5) is 27.0. The third-order valence-electron chi connectivity index (χ3n) is 4.26. The number of amides is 1. The number of H-pyrrole nitrogens is 1. The molecule has 3 rings (SSSR count). The Morgan fingerprint density at radius 3 is 2.64 bits per heavy atom. The third-order valence-corrected chi connectivity index (χ3v) is 4.26. The number of alkyl carbamates (subject to hydrolysis) is 1. The molecule has 0 bridgehead atoms. The lowest BCUT2D eigenvalue weighted by Gasteiger charge is -2.09. The number of ether oxygens (including phenoxy) is 1. The minimum atomic E-state index is -0.552. The minimum absolute atomic E-state index is 0.117. The van der Waals surface area contributed by atoms with Crippen LogP contribution in [0.2, 0.25) is 0 Å². The molecule has 2 aromatic carbocycles. The maximum atomic E-state index is 12.2. The molecule has 3 aromatic rings. The first-order chi connectivity index (χ1) is 12.0. The molecule has 0 aliphatic carbocycles. The van der Waals surface area contributed by atoms with Crippen LogP contribution >= 0.6 is 0 Å². The fraction of sp³-hybridized carbons (Fsp3) is 0.200. The van der Waals surface area contributed by atoms with E-state index in [1.807, 2.05) is 56.3 Å². The Morgan fingerprint density at radius 2 is 1.88 bits per heavy atom. The molecule has 0 spiro atoms. The number of carbonyl (C=O) groups excluding carboxylic acids is 1. The second-order valence-corrected chi connectivity index (χ2v) is 6.01. The van der Waals surface area contributed by atoms with Gasteiger partial charge in [-0.2, -0.15) is 0 Å². The van der Waals surface area contributed by atoms with Gasteiger partial charge in [0.05, 0.1) is 12.1 Å². The van der Waals surface area contributed by atoms with Crippen molar-refractivity contribution in [3.05, 3.63) is 81.1 Å². The predicted molar refractivity (Wildman–Crippen MR) is 97.5 cm³/mol. The lowest BCUT2D eigenvalue weighted by Crippen LogP contribution is -2.27. The Hall–Kier alpha value is -3.08. The fourth-order valence-corrected chi connectivity index (χ4v) is 2.64. The van der Waals surface area contributed by atoms with Crippen LogP contribution in [0.4, 0.5) is 4.79 Å². The molecule has 2 N–H and O–H groups in total. The van der Waals surface area contributed by atoms with Gasteiger partial charge in [0.1, 0.15) is 6.61 Å². The van der Waals surface area contributed by atoms with Gasteiger partial charge < -0.3 is 15.0 Å². The number of aromatic amines is 1. The Kier molecular flexibility index (Phi) is 4.84. The van der Waals surface area contributed by atoms with Crippen molar-refractivity contribution in [2.24, 2.45) is 0 Å². The second kappa shape index (κ2) is 7.21. The van der Waals surface area contributed by atoms with E-state index in [1.165, 1.54) is 0 Å². The number of nitrogens with one attached hydrogen (secondary N) is 2. The highest BCUT2D eigenvalue weighted by atomic mass is 16.5. The summed E-state index contributed by atoms with van der Waals surface area (Å²) in [6, 6.07) is 15.2. The van der Waals surface area contributed by atoms with E-state index >= 15 is 0 Å². The van der Waals surface area contributed by atoms with Crippen molar-refractivity contribution in [3.8, 4) is 0 Å². The van der Waals surface area contributed by atoms with Gasteiger partial charge in [0.25, 0.3) is 5.56 Å². The van der Waals surface area contributed by atoms with E-state index in [2.05, 4.69) is 10.3 Å². The van der Waals surface area contributed by atoms with Crippen molar-refractivity contribution < 1.29 is 9.53 Å². The molecule has 0 atom stereocenters.